The van der Waals surface area contributed by atoms with Gasteiger partial charge in [0.2, 0.25) is 0 Å². The zero-order valence-corrected chi connectivity index (χ0v) is 12.4. The van der Waals surface area contributed by atoms with Gasteiger partial charge < -0.3 is 14.3 Å². The van der Waals surface area contributed by atoms with Gasteiger partial charge in [0.05, 0.1) is 6.04 Å². The molecule has 0 saturated heterocycles. The number of anilines is 1. The molecule has 0 aliphatic heterocycles. The zero-order valence-electron chi connectivity index (χ0n) is 12.4. The molecule has 0 spiro atoms. The number of rotatable bonds is 4. The van der Waals surface area contributed by atoms with Crippen LogP contribution in [0.1, 0.15) is 24.5 Å². The standard InChI is InChI=1S/C16H18N4O/c1-11-8-9-15(21-11)12(2)18-14-7-5-4-6-13(14)16-19-17-10-20(16)3/h4-10,12,18H,1-3H3. The first-order chi connectivity index (χ1) is 10.1. The molecule has 108 valence electrons. The van der Waals surface area contributed by atoms with E-state index in [1.165, 1.54) is 0 Å². The lowest BCUT2D eigenvalue weighted by atomic mass is 10.1. The number of nitrogens with one attached hydrogen (secondary N) is 1. The third kappa shape index (κ3) is 2.67. The van der Waals surface area contributed by atoms with E-state index in [1.807, 2.05) is 54.9 Å². The second kappa shape index (κ2) is 5.44. The summed E-state index contributed by atoms with van der Waals surface area (Å²) < 4.78 is 7.58. The fourth-order valence-electron chi connectivity index (χ4n) is 2.32. The molecule has 0 radical (unpaired) electrons. The van der Waals surface area contributed by atoms with Crippen molar-refractivity contribution in [3.8, 4) is 11.4 Å². The lowest BCUT2D eigenvalue weighted by Gasteiger charge is -2.16. The molecule has 2 aromatic heterocycles. The Morgan fingerprint density at radius 2 is 2.00 bits per heavy atom. The van der Waals surface area contributed by atoms with Crippen molar-refractivity contribution in [3.05, 3.63) is 54.2 Å². The lowest BCUT2D eigenvalue weighted by Crippen LogP contribution is -2.07. The molecule has 5 heteroatoms. The largest absolute Gasteiger partial charge is 0.464 e. The first-order valence-electron chi connectivity index (χ1n) is 6.91. The highest BCUT2D eigenvalue weighted by Gasteiger charge is 2.14. The second-order valence-corrected chi connectivity index (χ2v) is 5.13. The summed E-state index contributed by atoms with van der Waals surface area (Å²) in [6, 6.07) is 12.1. The number of furan rings is 1. The van der Waals surface area contributed by atoms with Gasteiger partial charge in [-0.15, -0.1) is 10.2 Å². The van der Waals surface area contributed by atoms with Crippen LogP contribution in [0, 0.1) is 6.92 Å². The van der Waals surface area contributed by atoms with Crippen molar-refractivity contribution in [3.63, 3.8) is 0 Å². The van der Waals surface area contributed by atoms with Crippen molar-refractivity contribution in [2.75, 3.05) is 5.32 Å². The minimum atomic E-state index is 0.0769. The monoisotopic (exact) mass is 282 g/mol. The summed E-state index contributed by atoms with van der Waals surface area (Å²) in [5, 5.41) is 11.6. The number of hydrogen-bond acceptors (Lipinski definition) is 4. The molecule has 1 aromatic carbocycles. The molecule has 0 amide bonds. The quantitative estimate of drug-likeness (QED) is 0.795. The molecule has 0 fully saturated rings. The van der Waals surface area contributed by atoms with Crippen LogP contribution >= 0.6 is 0 Å². The van der Waals surface area contributed by atoms with E-state index in [2.05, 4.69) is 22.4 Å². The molecular weight excluding hydrogens is 264 g/mol. The average molecular weight is 282 g/mol. The summed E-state index contributed by atoms with van der Waals surface area (Å²) in [7, 11) is 1.94. The van der Waals surface area contributed by atoms with Crippen LogP contribution in [0.2, 0.25) is 0 Å². The Hall–Kier alpha value is -2.56. The molecule has 21 heavy (non-hydrogen) atoms. The molecule has 0 aliphatic carbocycles. The van der Waals surface area contributed by atoms with Crippen molar-refractivity contribution in [1.29, 1.82) is 0 Å². The maximum absolute atomic E-state index is 5.68. The number of para-hydroxylation sites is 1. The normalized spacial score (nSPS) is 12.3. The molecule has 2 heterocycles. The Labute approximate surface area is 123 Å². The predicted octanol–water partition coefficient (Wildman–Crippen LogP) is 3.56. The highest BCUT2D eigenvalue weighted by atomic mass is 16.3. The highest BCUT2D eigenvalue weighted by Crippen LogP contribution is 2.29. The van der Waals surface area contributed by atoms with Gasteiger partial charge in [-0.05, 0) is 38.1 Å². The molecular formula is C16H18N4O. The molecule has 1 N–H and O–H groups in total. The maximum Gasteiger partial charge on any atom is 0.165 e. The van der Waals surface area contributed by atoms with Crippen molar-refractivity contribution >= 4 is 5.69 Å². The molecule has 3 rings (SSSR count). The van der Waals surface area contributed by atoms with Gasteiger partial charge in [0.25, 0.3) is 0 Å². The van der Waals surface area contributed by atoms with Gasteiger partial charge in [0.15, 0.2) is 5.82 Å². The third-order valence-corrected chi connectivity index (χ3v) is 3.44. The van der Waals surface area contributed by atoms with E-state index in [0.717, 1.165) is 28.6 Å². The van der Waals surface area contributed by atoms with Crippen LogP contribution < -0.4 is 5.32 Å². The third-order valence-electron chi connectivity index (χ3n) is 3.44. The Bertz CT molecular complexity index is 744. The predicted molar refractivity (Wildman–Crippen MR) is 81.9 cm³/mol. The summed E-state index contributed by atoms with van der Waals surface area (Å²) in [6.45, 7) is 4.02. The van der Waals surface area contributed by atoms with E-state index in [-0.39, 0.29) is 6.04 Å². The van der Waals surface area contributed by atoms with Gasteiger partial charge in [0, 0.05) is 18.3 Å². The van der Waals surface area contributed by atoms with Crippen LogP contribution in [0.5, 0.6) is 0 Å². The minimum absolute atomic E-state index is 0.0769. The number of aryl methyl sites for hydroxylation is 2. The minimum Gasteiger partial charge on any atom is -0.464 e. The number of nitrogens with zero attached hydrogens (tertiary/aromatic N) is 3. The van der Waals surface area contributed by atoms with Crippen LogP contribution in [0.15, 0.2) is 47.1 Å². The fourth-order valence-corrected chi connectivity index (χ4v) is 2.32. The van der Waals surface area contributed by atoms with Gasteiger partial charge in [0.1, 0.15) is 17.8 Å². The van der Waals surface area contributed by atoms with E-state index >= 15 is 0 Å². The van der Waals surface area contributed by atoms with Gasteiger partial charge in [-0.2, -0.15) is 0 Å². The Morgan fingerprint density at radius 1 is 1.19 bits per heavy atom. The first-order valence-corrected chi connectivity index (χ1v) is 6.91. The maximum atomic E-state index is 5.68. The SMILES string of the molecule is Cc1ccc(C(C)Nc2ccccc2-c2nncn2C)o1. The summed E-state index contributed by atoms with van der Waals surface area (Å²) in [5.74, 6) is 2.67. The fraction of sp³-hybridized carbons (Fsp3) is 0.250. The van der Waals surface area contributed by atoms with Crippen molar-refractivity contribution in [2.24, 2.45) is 7.05 Å². The second-order valence-electron chi connectivity index (χ2n) is 5.13. The van der Waals surface area contributed by atoms with Gasteiger partial charge in [-0.25, -0.2) is 0 Å². The number of benzene rings is 1. The summed E-state index contributed by atoms with van der Waals surface area (Å²) in [6.07, 6.45) is 1.70. The number of aromatic nitrogens is 3. The first kappa shape index (κ1) is 13.4. The summed E-state index contributed by atoms with van der Waals surface area (Å²) in [5.41, 5.74) is 2.03. The highest BCUT2D eigenvalue weighted by molar-refractivity contribution is 5.73. The molecule has 0 aliphatic rings. The van der Waals surface area contributed by atoms with Crippen LogP contribution in [0.3, 0.4) is 0 Å². The Balaban J connectivity index is 1.91. The summed E-state index contributed by atoms with van der Waals surface area (Å²) in [4.78, 5) is 0. The lowest BCUT2D eigenvalue weighted by molar-refractivity contribution is 0.467. The van der Waals surface area contributed by atoms with E-state index in [0.29, 0.717) is 0 Å². The zero-order chi connectivity index (χ0) is 14.8. The molecule has 0 bridgehead atoms. The van der Waals surface area contributed by atoms with Gasteiger partial charge in [-0.3, -0.25) is 0 Å². The number of hydrogen-bond donors (Lipinski definition) is 1. The Morgan fingerprint density at radius 3 is 2.67 bits per heavy atom. The van der Waals surface area contributed by atoms with E-state index in [4.69, 9.17) is 4.42 Å². The molecule has 1 unspecified atom stereocenters. The van der Waals surface area contributed by atoms with E-state index in [9.17, 15) is 0 Å². The topological polar surface area (TPSA) is 55.9 Å². The van der Waals surface area contributed by atoms with Crippen molar-refractivity contribution in [1.82, 2.24) is 14.8 Å². The molecule has 3 aromatic rings. The molecule has 1 atom stereocenters. The smallest absolute Gasteiger partial charge is 0.165 e. The average Bonchev–Trinajstić information content (AvgIpc) is 3.08. The Kier molecular flexibility index (Phi) is 3.48. The van der Waals surface area contributed by atoms with E-state index in [1.54, 1.807) is 6.33 Å². The van der Waals surface area contributed by atoms with Crippen LogP contribution in [0.25, 0.3) is 11.4 Å². The van der Waals surface area contributed by atoms with Crippen LogP contribution in [-0.4, -0.2) is 14.8 Å². The van der Waals surface area contributed by atoms with Gasteiger partial charge >= 0.3 is 0 Å². The molecule has 5 nitrogen and oxygen atoms in total. The van der Waals surface area contributed by atoms with Crippen molar-refractivity contribution < 1.29 is 4.42 Å². The molecule has 0 saturated carbocycles. The van der Waals surface area contributed by atoms with Crippen LogP contribution in [-0.2, 0) is 7.05 Å². The van der Waals surface area contributed by atoms with Crippen LogP contribution in [0.4, 0.5) is 5.69 Å². The van der Waals surface area contributed by atoms with Crippen molar-refractivity contribution in [2.45, 2.75) is 19.9 Å². The summed E-state index contributed by atoms with van der Waals surface area (Å²) >= 11 is 0. The van der Waals surface area contributed by atoms with E-state index < -0.39 is 0 Å². The van der Waals surface area contributed by atoms with Gasteiger partial charge in [-0.1, -0.05) is 12.1 Å².